The van der Waals surface area contributed by atoms with Crippen LogP contribution in [-0.4, -0.2) is 26.9 Å². The topological polar surface area (TPSA) is 94.8 Å². The third-order valence-electron chi connectivity index (χ3n) is 7.71. The van der Waals surface area contributed by atoms with Crippen LogP contribution in [0, 0.1) is 0 Å². The fraction of sp³-hybridized carbons (Fsp3) is 0. The van der Waals surface area contributed by atoms with Gasteiger partial charge < -0.3 is 15.3 Å². The van der Waals surface area contributed by atoms with Crippen LogP contribution in [0.4, 0.5) is 0 Å². The first-order chi connectivity index (χ1) is 25.1. The largest absolute Gasteiger partial charge is 0.508 e. The van der Waals surface area contributed by atoms with Crippen molar-refractivity contribution in [3.05, 3.63) is 207 Å². The van der Waals surface area contributed by atoms with Crippen molar-refractivity contribution in [2.45, 2.75) is 0 Å². The van der Waals surface area contributed by atoms with Gasteiger partial charge in [0.2, 0.25) is 0 Å². The molecule has 0 aliphatic carbocycles. The zero-order valence-corrected chi connectivity index (χ0v) is 29.7. The molecule has 0 unspecified atom stereocenters. The molecule has 258 valence electrons. The van der Waals surface area contributed by atoms with Crippen molar-refractivity contribution in [1.82, 2.24) is 0 Å². The van der Waals surface area contributed by atoms with Crippen LogP contribution >= 0.6 is 34.8 Å². The van der Waals surface area contributed by atoms with Crippen LogP contribution in [-0.2, 0) is 0 Å². The monoisotopic (exact) mass is 744 g/mol. The molecule has 0 spiro atoms. The normalized spacial score (nSPS) is 10.2. The molecule has 7 aromatic carbocycles. The second-order valence-electron chi connectivity index (χ2n) is 11.3. The highest BCUT2D eigenvalue weighted by molar-refractivity contribution is 6.36. The van der Waals surface area contributed by atoms with Crippen molar-refractivity contribution >= 4 is 46.4 Å². The average molecular weight is 746 g/mol. The molecular formula is C44H31Cl3O5. The third-order valence-corrected chi connectivity index (χ3v) is 8.53. The van der Waals surface area contributed by atoms with E-state index in [-0.39, 0.29) is 28.8 Å². The molecule has 0 fully saturated rings. The second-order valence-corrected chi connectivity index (χ2v) is 12.6. The van der Waals surface area contributed by atoms with Crippen LogP contribution in [0.2, 0.25) is 15.1 Å². The van der Waals surface area contributed by atoms with Gasteiger partial charge in [0.25, 0.3) is 0 Å². The number of phenols is 3. The lowest BCUT2D eigenvalue weighted by atomic mass is 9.90. The van der Waals surface area contributed by atoms with Crippen molar-refractivity contribution in [2.24, 2.45) is 0 Å². The zero-order chi connectivity index (χ0) is 37.0. The van der Waals surface area contributed by atoms with E-state index in [4.69, 9.17) is 39.9 Å². The molecule has 0 saturated heterocycles. The van der Waals surface area contributed by atoms with Crippen LogP contribution in [0.5, 0.6) is 17.2 Å². The van der Waals surface area contributed by atoms with Crippen LogP contribution < -0.4 is 0 Å². The Morgan fingerprint density at radius 3 is 1.31 bits per heavy atom. The maximum Gasteiger partial charge on any atom is 0.194 e. The van der Waals surface area contributed by atoms with Gasteiger partial charge in [0.1, 0.15) is 17.2 Å². The molecule has 0 bridgehead atoms. The van der Waals surface area contributed by atoms with Crippen molar-refractivity contribution in [2.75, 3.05) is 0 Å². The Hall–Kier alpha value is -5.85. The van der Waals surface area contributed by atoms with E-state index in [0.717, 1.165) is 22.3 Å². The summed E-state index contributed by atoms with van der Waals surface area (Å²) in [5.41, 5.74) is 5.70. The highest BCUT2D eigenvalue weighted by atomic mass is 35.5. The quantitative estimate of drug-likeness (QED) is 0.147. The first kappa shape index (κ1) is 37.4. The Morgan fingerprint density at radius 2 is 0.808 bits per heavy atom. The summed E-state index contributed by atoms with van der Waals surface area (Å²) < 4.78 is 0. The van der Waals surface area contributed by atoms with E-state index in [1.54, 1.807) is 103 Å². The summed E-state index contributed by atoms with van der Waals surface area (Å²) in [5.74, 6) is 0.442. The lowest BCUT2D eigenvalue weighted by molar-refractivity contribution is 0.103. The van der Waals surface area contributed by atoms with E-state index >= 15 is 0 Å². The minimum Gasteiger partial charge on any atom is -0.508 e. The lowest BCUT2D eigenvalue weighted by Gasteiger charge is -2.12. The summed E-state index contributed by atoms with van der Waals surface area (Å²) in [7, 11) is 0. The molecule has 0 heterocycles. The number of carbonyl (C=O) groups is 2. The summed E-state index contributed by atoms with van der Waals surface area (Å²) in [4.78, 5) is 25.3. The zero-order valence-electron chi connectivity index (χ0n) is 27.5. The SMILES string of the molecule is O=C(c1ccccc1)c1cc(-c2ccc(O)cc2)ccc1-c1ccc(O)cc1.O=C(c1ccccc1)c1cc(Cl)ccc1Cl.Oc1ccc(Cl)cc1. The molecule has 52 heavy (non-hydrogen) atoms. The first-order valence-electron chi connectivity index (χ1n) is 15.9. The molecule has 7 aromatic rings. The maximum absolute atomic E-state index is 13.3. The summed E-state index contributed by atoms with van der Waals surface area (Å²) in [5, 5.41) is 29.4. The van der Waals surface area contributed by atoms with Gasteiger partial charge in [-0.3, -0.25) is 9.59 Å². The number of hydrogen-bond donors (Lipinski definition) is 3. The number of aromatic hydroxyl groups is 3. The maximum atomic E-state index is 13.3. The summed E-state index contributed by atoms with van der Waals surface area (Å²) in [6.07, 6.45) is 0. The summed E-state index contributed by atoms with van der Waals surface area (Å²) in [6.45, 7) is 0. The van der Waals surface area contributed by atoms with Gasteiger partial charge in [0, 0.05) is 32.3 Å². The van der Waals surface area contributed by atoms with Gasteiger partial charge in [-0.15, -0.1) is 0 Å². The molecule has 0 radical (unpaired) electrons. The van der Waals surface area contributed by atoms with Gasteiger partial charge in [0.05, 0.1) is 5.02 Å². The first-order valence-corrected chi connectivity index (χ1v) is 17.0. The van der Waals surface area contributed by atoms with Crippen molar-refractivity contribution < 1.29 is 24.9 Å². The molecule has 0 aromatic heterocycles. The molecule has 3 N–H and O–H groups in total. The van der Waals surface area contributed by atoms with Gasteiger partial charge in [-0.1, -0.05) is 132 Å². The third kappa shape index (κ3) is 10.1. The van der Waals surface area contributed by atoms with Gasteiger partial charge >= 0.3 is 0 Å². The van der Waals surface area contributed by atoms with Crippen LogP contribution in [0.25, 0.3) is 22.3 Å². The Balaban J connectivity index is 0.000000182. The van der Waals surface area contributed by atoms with E-state index in [9.17, 15) is 19.8 Å². The molecule has 0 atom stereocenters. The molecule has 0 aliphatic rings. The van der Waals surface area contributed by atoms with Crippen molar-refractivity contribution in [3.63, 3.8) is 0 Å². The number of hydrogen-bond acceptors (Lipinski definition) is 5. The molecule has 7 rings (SSSR count). The lowest BCUT2D eigenvalue weighted by Crippen LogP contribution is -2.04. The number of rotatable bonds is 6. The number of halogens is 3. The highest BCUT2D eigenvalue weighted by Crippen LogP contribution is 2.32. The smallest absolute Gasteiger partial charge is 0.194 e. The number of benzene rings is 7. The van der Waals surface area contributed by atoms with Crippen LogP contribution in [0.3, 0.4) is 0 Å². The van der Waals surface area contributed by atoms with E-state index in [1.807, 2.05) is 66.7 Å². The fourth-order valence-corrected chi connectivity index (χ4v) is 5.56. The van der Waals surface area contributed by atoms with Gasteiger partial charge in [-0.2, -0.15) is 0 Å². The second kappa shape index (κ2) is 17.9. The van der Waals surface area contributed by atoms with E-state index in [0.29, 0.717) is 37.3 Å². The standard InChI is InChI=1S/C25H18O3.C13H8Cl2O.C6H5ClO/c26-21-11-6-17(7-12-21)20-10-15-23(18-8-13-22(27)14-9-18)24(16-20)25(28)19-4-2-1-3-5-19;14-10-6-7-12(15)11(8-10)13(16)9-4-2-1-3-5-9;7-5-1-3-6(8)4-2-5/h1-16,26-27H;1-8H;1-4,8H. The van der Waals surface area contributed by atoms with E-state index < -0.39 is 0 Å². The molecule has 8 heteroatoms. The molecule has 0 amide bonds. The predicted octanol–water partition coefficient (Wildman–Crippen LogP) is 11.9. The summed E-state index contributed by atoms with van der Waals surface area (Å²) in [6, 6.07) is 48.8. The van der Waals surface area contributed by atoms with Gasteiger partial charge in [-0.25, -0.2) is 0 Å². The minimum absolute atomic E-state index is 0.0655. The van der Waals surface area contributed by atoms with Crippen LogP contribution in [0.15, 0.2) is 170 Å². The Kier molecular flexibility index (Phi) is 12.9. The molecular weight excluding hydrogens is 715 g/mol. The number of ketones is 2. The Bertz CT molecular complexity index is 2240. The Morgan fingerprint density at radius 1 is 0.385 bits per heavy atom. The van der Waals surface area contributed by atoms with Crippen molar-refractivity contribution in [1.29, 1.82) is 0 Å². The number of phenolic OH excluding ortho intramolecular Hbond substituents is 3. The van der Waals surface area contributed by atoms with E-state index in [1.165, 1.54) is 0 Å². The van der Waals surface area contributed by atoms with Crippen LogP contribution in [0.1, 0.15) is 31.8 Å². The summed E-state index contributed by atoms with van der Waals surface area (Å²) >= 11 is 17.3. The Labute approximate surface area is 316 Å². The fourth-order valence-electron chi connectivity index (χ4n) is 5.06. The predicted molar refractivity (Wildman–Crippen MR) is 210 cm³/mol. The highest BCUT2D eigenvalue weighted by Gasteiger charge is 2.17. The van der Waals surface area contributed by atoms with Crippen molar-refractivity contribution in [3.8, 4) is 39.5 Å². The molecule has 0 saturated carbocycles. The van der Waals surface area contributed by atoms with Gasteiger partial charge in [0.15, 0.2) is 11.6 Å². The average Bonchev–Trinajstić information content (AvgIpc) is 3.18. The molecule has 0 aliphatic heterocycles. The molecule has 5 nitrogen and oxygen atoms in total. The minimum atomic E-state index is -0.117. The van der Waals surface area contributed by atoms with Gasteiger partial charge in [-0.05, 0) is 95.1 Å². The van der Waals surface area contributed by atoms with E-state index in [2.05, 4.69) is 0 Å². The number of carbonyl (C=O) groups excluding carboxylic acids is 2.